The quantitative estimate of drug-likeness (QED) is 0.919. The lowest BCUT2D eigenvalue weighted by Crippen LogP contribution is -2.55. The van der Waals surface area contributed by atoms with Crippen molar-refractivity contribution in [3.63, 3.8) is 0 Å². The van der Waals surface area contributed by atoms with Crippen LogP contribution in [0.1, 0.15) is 43.2 Å². The van der Waals surface area contributed by atoms with E-state index in [1.54, 1.807) is 12.1 Å². The summed E-state index contributed by atoms with van der Waals surface area (Å²) in [4.78, 5) is 2.68. The summed E-state index contributed by atoms with van der Waals surface area (Å²) >= 11 is 0. The maximum Gasteiger partial charge on any atom is 0.123 e. The van der Waals surface area contributed by atoms with E-state index in [0.29, 0.717) is 18.1 Å². The van der Waals surface area contributed by atoms with Crippen LogP contribution in [0.4, 0.5) is 4.39 Å². The standard InChI is InChI=1S/C17H25FN2/c1-12-9-14(18)6-5-13(12)7-8-20-16-3-2-4-17(20)11-15(19)10-16/h5-6,9,15-17H,2-4,7-8,10-11,19H2,1H3. The first-order valence-electron chi connectivity index (χ1n) is 7.90. The molecule has 2 N–H and O–H groups in total. The van der Waals surface area contributed by atoms with Crippen molar-refractivity contribution in [2.45, 2.75) is 63.6 Å². The largest absolute Gasteiger partial charge is 0.328 e. The SMILES string of the molecule is Cc1cc(F)ccc1CCN1C2CCCC1CC(N)C2. The summed E-state index contributed by atoms with van der Waals surface area (Å²) in [5.41, 5.74) is 8.52. The van der Waals surface area contributed by atoms with E-state index >= 15 is 0 Å². The number of aryl methyl sites for hydroxylation is 1. The fourth-order valence-corrected chi connectivity index (χ4v) is 4.08. The van der Waals surface area contributed by atoms with E-state index in [1.165, 1.54) is 24.8 Å². The molecule has 2 saturated heterocycles. The Morgan fingerprint density at radius 2 is 1.95 bits per heavy atom. The van der Waals surface area contributed by atoms with E-state index in [0.717, 1.165) is 31.4 Å². The summed E-state index contributed by atoms with van der Waals surface area (Å²) < 4.78 is 13.1. The normalized spacial score (nSPS) is 30.4. The molecule has 2 bridgehead atoms. The zero-order valence-electron chi connectivity index (χ0n) is 12.3. The Morgan fingerprint density at radius 1 is 1.25 bits per heavy atom. The van der Waals surface area contributed by atoms with Crippen molar-refractivity contribution in [3.05, 3.63) is 35.1 Å². The van der Waals surface area contributed by atoms with E-state index in [9.17, 15) is 4.39 Å². The molecule has 0 spiro atoms. The van der Waals surface area contributed by atoms with Gasteiger partial charge in [0.15, 0.2) is 0 Å². The minimum atomic E-state index is -0.132. The molecule has 2 aliphatic rings. The molecular weight excluding hydrogens is 251 g/mol. The molecule has 2 atom stereocenters. The molecule has 110 valence electrons. The van der Waals surface area contributed by atoms with Crippen LogP contribution in [0.5, 0.6) is 0 Å². The van der Waals surface area contributed by atoms with Crippen LogP contribution in [0.25, 0.3) is 0 Å². The molecule has 2 fully saturated rings. The number of piperidine rings is 2. The van der Waals surface area contributed by atoms with Gasteiger partial charge in [0.2, 0.25) is 0 Å². The molecule has 2 aliphatic heterocycles. The minimum absolute atomic E-state index is 0.132. The van der Waals surface area contributed by atoms with Crippen LogP contribution in [0, 0.1) is 12.7 Å². The lowest BCUT2D eigenvalue weighted by atomic mass is 9.82. The smallest absolute Gasteiger partial charge is 0.123 e. The summed E-state index contributed by atoms with van der Waals surface area (Å²) in [5.74, 6) is -0.132. The van der Waals surface area contributed by atoms with Gasteiger partial charge < -0.3 is 5.73 Å². The lowest BCUT2D eigenvalue weighted by molar-refractivity contribution is 0.0327. The summed E-state index contributed by atoms with van der Waals surface area (Å²) in [6.07, 6.45) is 7.28. The topological polar surface area (TPSA) is 29.3 Å². The Morgan fingerprint density at radius 3 is 2.60 bits per heavy atom. The molecule has 0 amide bonds. The molecule has 0 aliphatic carbocycles. The number of fused-ring (bicyclic) bond motifs is 2. The van der Waals surface area contributed by atoms with Gasteiger partial charge in [-0.1, -0.05) is 12.5 Å². The Kier molecular flexibility index (Phi) is 4.08. The fraction of sp³-hybridized carbons (Fsp3) is 0.647. The Balaban J connectivity index is 1.65. The maximum absolute atomic E-state index is 13.1. The van der Waals surface area contributed by atoms with Crippen LogP contribution >= 0.6 is 0 Å². The van der Waals surface area contributed by atoms with E-state index < -0.39 is 0 Å². The molecule has 1 aromatic carbocycles. The highest BCUT2D eigenvalue weighted by Crippen LogP contribution is 2.33. The predicted octanol–water partition coefficient (Wildman–Crippen LogP) is 3.02. The van der Waals surface area contributed by atoms with Crippen LogP contribution in [0.15, 0.2) is 18.2 Å². The average Bonchev–Trinajstić information content (AvgIpc) is 2.38. The second kappa shape index (κ2) is 5.82. The van der Waals surface area contributed by atoms with Crippen LogP contribution in [0.3, 0.4) is 0 Å². The molecule has 3 heteroatoms. The molecule has 2 nitrogen and oxygen atoms in total. The predicted molar refractivity (Wildman–Crippen MR) is 80.2 cm³/mol. The van der Waals surface area contributed by atoms with Crippen molar-refractivity contribution in [1.29, 1.82) is 0 Å². The van der Waals surface area contributed by atoms with Gasteiger partial charge in [-0.25, -0.2) is 4.39 Å². The van der Waals surface area contributed by atoms with Crippen LogP contribution in [-0.4, -0.2) is 29.6 Å². The van der Waals surface area contributed by atoms with Crippen LogP contribution in [0.2, 0.25) is 0 Å². The molecule has 2 heterocycles. The molecular formula is C17H25FN2. The highest BCUT2D eigenvalue weighted by Gasteiger charge is 2.36. The van der Waals surface area contributed by atoms with E-state index in [2.05, 4.69) is 4.90 Å². The fourth-order valence-electron chi connectivity index (χ4n) is 4.08. The first-order chi connectivity index (χ1) is 9.63. The molecule has 3 rings (SSSR count). The van der Waals surface area contributed by atoms with E-state index in [4.69, 9.17) is 5.73 Å². The number of halogens is 1. The van der Waals surface area contributed by atoms with Gasteiger partial charge in [-0.2, -0.15) is 0 Å². The van der Waals surface area contributed by atoms with Crippen molar-refractivity contribution in [1.82, 2.24) is 4.90 Å². The minimum Gasteiger partial charge on any atom is -0.328 e. The first-order valence-corrected chi connectivity index (χ1v) is 7.90. The number of hydrogen-bond donors (Lipinski definition) is 1. The lowest BCUT2D eigenvalue weighted by Gasteiger charge is -2.48. The Bertz CT molecular complexity index is 460. The highest BCUT2D eigenvalue weighted by atomic mass is 19.1. The number of hydrogen-bond acceptors (Lipinski definition) is 2. The number of nitrogens with zero attached hydrogens (tertiary/aromatic N) is 1. The third-order valence-corrected chi connectivity index (χ3v) is 5.11. The van der Waals surface area contributed by atoms with Gasteiger partial charge >= 0.3 is 0 Å². The van der Waals surface area contributed by atoms with Crippen molar-refractivity contribution in [2.75, 3.05) is 6.54 Å². The highest BCUT2D eigenvalue weighted by molar-refractivity contribution is 5.26. The molecule has 2 unspecified atom stereocenters. The van der Waals surface area contributed by atoms with Gasteiger partial charge in [0.1, 0.15) is 5.82 Å². The zero-order chi connectivity index (χ0) is 14.1. The first kappa shape index (κ1) is 14.0. The van der Waals surface area contributed by atoms with E-state index in [-0.39, 0.29) is 5.82 Å². The molecule has 0 saturated carbocycles. The summed E-state index contributed by atoms with van der Waals surface area (Å²) in [6.45, 7) is 3.10. The molecule has 20 heavy (non-hydrogen) atoms. The molecule has 0 radical (unpaired) electrons. The summed E-state index contributed by atoms with van der Waals surface area (Å²) in [5, 5.41) is 0. The van der Waals surface area contributed by atoms with Crippen molar-refractivity contribution < 1.29 is 4.39 Å². The second-order valence-corrected chi connectivity index (χ2v) is 6.53. The van der Waals surface area contributed by atoms with Crippen molar-refractivity contribution >= 4 is 0 Å². The third-order valence-electron chi connectivity index (χ3n) is 5.11. The average molecular weight is 276 g/mol. The van der Waals surface area contributed by atoms with Crippen LogP contribution < -0.4 is 5.73 Å². The number of benzene rings is 1. The van der Waals surface area contributed by atoms with E-state index in [1.807, 2.05) is 13.0 Å². The number of rotatable bonds is 3. The van der Waals surface area contributed by atoms with Gasteiger partial charge in [-0.3, -0.25) is 4.90 Å². The maximum atomic E-state index is 13.1. The van der Waals surface area contributed by atoms with Gasteiger partial charge in [-0.05, 0) is 62.3 Å². The molecule has 1 aromatic rings. The number of nitrogens with two attached hydrogens (primary N) is 1. The van der Waals surface area contributed by atoms with Crippen molar-refractivity contribution in [2.24, 2.45) is 5.73 Å². The van der Waals surface area contributed by atoms with Gasteiger partial charge in [-0.15, -0.1) is 0 Å². The van der Waals surface area contributed by atoms with Crippen molar-refractivity contribution in [3.8, 4) is 0 Å². The summed E-state index contributed by atoms with van der Waals surface area (Å²) in [6, 6.07) is 6.92. The third kappa shape index (κ3) is 2.89. The summed E-state index contributed by atoms with van der Waals surface area (Å²) in [7, 11) is 0. The molecule has 0 aromatic heterocycles. The zero-order valence-corrected chi connectivity index (χ0v) is 12.3. The van der Waals surface area contributed by atoms with Gasteiger partial charge in [0.25, 0.3) is 0 Å². The van der Waals surface area contributed by atoms with Crippen LogP contribution in [-0.2, 0) is 6.42 Å². The Hall–Kier alpha value is -0.930. The van der Waals surface area contributed by atoms with Gasteiger partial charge in [0.05, 0.1) is 0 Å². The van der Waals surface area contributed by atoms with Gasteiger partial charge in [0, 0.05) is 24.7 Å². The monoisotopic (exact) mass is 276 g/mol. The second-order valence-electron chi connectivity index (χ2n) is 6.53. The Labute approximate surface area is 121 Å².